The van der Waals surface area contributed by atoms with Gasteiger partial charge in [-0.05, 0) is 25.0 Å². The summed E-state index contributed by atoms with van der Waals surface area (Å²) in [5.74, 6) is -0.353. The fourth-order valence-corrected chi connectivity index (χ4v) is 4.84. The molecule has 1 saturated heterocycles. The van der Waals surface area contributed by atoms with E-state index in [1.54, 1.807) is 18.2 Å². The molecule has 4 rings (SSSR count). The van der Waals surface area contributed by atoms with Crippen molar-refractivity contribution in [2.24, 2.45) is 5.92 Å². The number of carbonyl (C=O) groups excluding carboxylic acids is 1. The van der Waals surface area contributed by atoms with E-state index in [0.29, 0.717) is 48.1 Å². The van der Waals surface area contributed by atoms with Gasteiger partial charge in [-0.2, -0.15) is 0 Å². The molecule has 1 aliphatic rings. The molecular weight excluding hydrogens is 442 g/mol. The number of carbonyl (C=O) groups is 2. The zero-order valence-electron chi connectivity index (χ0n) is 18.4. The Hall–Kier alpha value is -3.59. The molecule has 2 aromatic carbocycles. The van der Waals surface area contributed by atoms with Crippen LogP contribution < -0.4 is 19.7 Å². The lowest BCUT2D eigenvalue weighted by molar-refractivity contribution is -0.142. The molecule has 0 atom stereocenters. The molecule has 8 nitrogen and oxygen atoms in total. The number of carboxylic acids is 1. The summed E-state index contributed by atoms with van der Waals surface area (Å²) in [4.78, 5) is 31.2. The maximum atomic E-state index is 13.0. The number of thiazole rings is 1. The highest BCUT2D eigenvalue weighted by Gasteiger charge is 2.28. The highest BCUT2D eigenvalue weighted by molar-refractivity contribution is 7.20. The number of nitrogens with zero attached hydrogens (tertiary/aromatic N) is 2. The minimum atomic E-state index is -0.746. The Morgan fingerprint density at radius 2 is 1.70 bits per heavy atom. The lowest BCUT2D eigenvalue weighted by Crippen LogP contribution is -2.36. The van der Waals surface area contributed by atoms with Crippen LogP contribution in [0.25, 0.3) is 11.3 Å². The number of methoxy groups -OCH3 is 2. The molecule has 9 heteroatoms. The number of hydrogen-bond acceptors (Lipinski definition) is 7. The van der Waals surface area contributed by atoms with E-state index in [1.807, 2.05) is 30.3 Å². The number of amides is 1. The summed E-state index contributed by atoms with van der Waals surface area (Å²) >= 11 is 1.39. The second-order valence-corrected chi connectivity index (χ2v) is 8.67. The topological polar surface area (TPSA) is 101 Å². The van der Waals surface area contributed by atoms with Crippen molar-refractivity contribution in [1.29, 1.82) is 0 Å². The molecular formula is C24H25N3O5S. The second kappa shape index (κ2) is 9.91. The van der Waals surface area contributed by atoms with Crippen molar-refractivity contribution in [3.63, 3.8) is 0 Å². The van der Waals surface area contributed by atoms with Crippen molar-refractivity contribution >= 4 is 33.3 Å². The van der Waals surface area contributed by atoms with Crippen LogP contribution in [0.15, 0.2) is 48.5 Å². The summed E-state index contributed by atoms with van der Waals surface area (Å²) in [6, 6.07) is 14.7. The first-order valence-corrected chi connectivity index (χ1v) is 11.4. The maximum absolute atomic E-state index is 13.0. The Balaban J connectivity index is 1.62. The quantitative estimate of drug-likeness (QED) is 0.532. The number of rotatable bonds is 7. The number of benzene rings is 2. The fourth-order valence-electron chi connectivity index (χ4n) is 3.80. The van der Waals surface area contributed by atoms with Crippen LogP contribution in [-0.4, -0.2) is 49.3 Å². The average molecular weight is 468 g/mol. The summed E-state index contributed by atoms with van der Waals surface area (Å²) in [5, 5.41) is 13.6. The molecule has 0 bridgehead atoms. The number of aromatic nitrogens is 1. The fraction of sp³-hybridized carbons (Fsp3) is 0.292. The lowest BCUT2D eigenvalue weighted by atomic mass is 9.97. The molecule has 33 heavy (non-hydrogen) atoms. The summed E-state index contributed by atoms with van der Waals surface area (Å²) in [7, 11) is 3.06. The van der Waals surface area contributed by atoms with Crippen LogP contribution in [0.5, 0.6) is 11.5 Å². The van der Waals surface area contributed by atoms with E-state index in [1.165, 1.54) is 25.6 Å². The first-order chi connectivity index (χ1) is 16.0. The van der Waals surface area contributed by atoms with Crippen molar-refractivity contribution in [3.8, 4) is 22.8 Å². The predicted molar refractivity (Wildman–Crippen MR) is 128 cm³/mol. The van der Waals surface area contributed by atoms with Gasteiger partial charge in [0.2, 0.25) is 0 Å². The summed E-state index contributed by atoms with van der Waals surface area (Å²) in [6.07, 6.45) is 1.15. The number of nitrogens with one attached hydrogen (secondary N) is 1. The first-order valence-electron chi connectivity index (χ1n) is 10.6. The minimum Gasteiger partial charge on any atom is -0.497 e. The predicted octanol–water partition coefficient (Wildman–Crippen LogP) is 4.38. The third-order valence-corrected chi connectivity index (χ3v) is 6.65. The normalized spacial score (nSPS) is 14.1. The molecule has 1 aliphatic heterocycles. The van der Waals surface area contributed by atoms with Gasteiger partial charge in [-0.25, -0.2) is 4.98 Å². The van der Waals surface area contributed by atoms with Gasteiger partial charge in [-0.3, -0.25) is 14.9 Å². The third kappa shape index (κ3) is 5.09. The summed E-state index contributed by atoms with van der Waals surface area (Å²) < 4.78 is 10.5. The Labute approximate surface area is 195 Å². The zero-order valence-corrected chi connectivity index (χ0v) is 19.2. The van der Waals surface area contributed by atoms with Crippen LogP contribution >= 0.6 is 11.3 Å². The Bertz CT molecular complexity index is 1120. The smallest absolute Gasteiger partial charge is 0.306 e. The van der Waals surface area contributed by atoms with Crippen LogP contribution in [-0.2, 0) is 4.79 Å². The Morgan fingerprint density at radius 1 is 1.06 bits per heavy atom. The van der Waals surface area contributed by atoms with E-state index >= 15 is 0 Å². The van der Waals surface area contributed by atoms with Crippen molar-refractivity contribution < 1.29 is 24.2 Å². The molecule has 172 valence electrons. The van der Waals surface area contributed by atoms with E-state index in [2.05, 4.69) is 10.2 Å². The molecule has 0 aliphatic carbocycles. The van der Waals surface area contributed by atoms with Crippen LogP contribution in [0.1, 0.15) is 23.2 Å². The van der Waals surface area contributed by atoms with Crippen molar-refractivity contribution in [2.45, 2.75) is 12.8 Å². The number of ether oxygens (including phenoxy) is 2. The second-order valence-electron chi connectivity index (χ2n) is 7.69. The molecule has 1 amide bonds. The van der Waals surface area contributed by atoms with Gasteiger partial charge < -0.3 is 19.5 Å². The van der Waals surface area contributed by atoms with Gasteiger partial charge in [0.25, 0.3) is 5.91 Å². The standard InChI is InChI=1S/C24H25N3O5S/c1-31-18-12-17(13-19(14-18)32-2)21(28)26-24-25-20(15-6-4-3-5-7-15)22(33-24)27-10-8-16(9-11-27)23(29)30/h3-7,12-14,16H,8-11H2,1-2H3,(H,29,30)(H,25,26,28). The van der Waals surface area contributed by atoms with Crippen molar-refractivity contribution in [2.75, 3.05) is 37.5 Å². The summed E-state index contributed by atoms with van der Waals surface area (Å²) in [5.41, 5.74) is 2.10. The molecule has 1 fully saturated rings. The highest BCUT2D eigenvalue weighted by atomic mass is 32.1. The Morgan fingerprint density at radius 3 is 2.27 bits per heavy atom. The maximum Gasteiger partial charge on any atom is 0.306 e. The zero-order chi connectivity index (χ0) is 23.4. The van der Waals surface area contributed by atoms with Gasteiger partial charge >= 0.3 is 5.97 Å². The van der Waals surface area contributed by atoms with Gasteiger partial charge in [-0.15, -0.1) is 0 Å². The molecule has 1 aromatic heterocycles. The average Bonchev–Trinajstić information content (AvgIpc) is 3.27. The monoisotopic (exact) mass is 467 g/mol. The number of hydrogen-bond donors (Lipinski definition) is 2. The van der Waals surface area contributed by atoms with Gasteiger partial charge in [-0.1, -0.05) is 41.7 Å². The lowest BCUT2D eigenvalue weighted by Gasteiger charge is -2.31. The van der Waals surface area contributed by atoms with E-state index in [4.69, 9.17) is 14.5 Å². The number of anilines is 2. The number of aliphatic carboxylic acids is 1. The molecule has 2 heterocycles. The molecule has 0 unspecified atom stereocenters. The minimum absolute atomic E-state index is 0.323. The van der Waals surface area contributed by atoms with Crippen LogP contribution in [0, 0.1) is 5.92 Å². The van der Waals surface area contributed by atoms with Crippen molar-refractivity contribution in [3.05, 3.63) is 54.1 Å². The van der Waals surface area contributed by atoms with Crippen molar-refractivity contribution in [1.82, 2.24) is 4.98 Å². The van der Waals surface area contributed by atoms with E-state index in [-0.39, 0.29) is 11.8 Å². The molecule has 2 N–H and O–H groups in total. The largest absolute Gasteiger partial charge is 0.497 e. The SMILES string of the molecule is COc1cc(OC)cc(C(=O)Nc2nc(-c3ccccc3)c(N3CCC(C(=O)O)CC3)s2)c1. The molecule has 0 saturated carbocycles. The van der Waals surface area contributed by atoms with E-state index in [9.17, 15) is 14.7 Å². The summed E-state index contributed by atoms with van der Waals surface area (Å²) in [6.45, 7) is 1.25. The van der Waals surface area contributed by atoms with Gasteiger partial charge in [0.1, 0.15) is 22.2 Å². The highest BCUT2D eigenvalue weighted by Crippen LogP contribution is 2.40. The Kier molecular flexibility index (Phi) is 6.79. The third-order valence-electron chi connectivity index (χ3n) is 5.62. The van der Waals surface area contributed by atoms with E-state index < -0.39 is 5.97 Å². The van der Waals surface area contributed by atoms with Crippen LogP contribution in [0.4, 0.5) is 10.1 Å². The number of piperidine rings is 1. The van der Waals surface area contributed by atoms with E-state index in [0.717, 1.165) is 16.3 Å². The van der Waals surface area contributed by atoms with Crippen LogP contribution in [0.2, 0.25) is 0 Å². The van der Waals surface area contributed by atoms with Gasteiger partial charge in [0, 0.05) is 30.3 Å². The van der Waals surface area contributed by atoms with Gasteiger partial charge in [0.15, 0.2) is 5.13 Å². The number of carboxylic acid groups (broad SMARTS) is 1. The van der Waals surface area contributed by atoms with Gasteiger partial charge in [0.05, 0.1) is 20.1 Å². The van der Waals surface area contributed by atoms with Crippen LogP contribution in [0.3, 0.4) is 0 Å². The molecule has 3 aromatic rings. The molecule has 0 radical (unpaired) electrons. The molecule has 0 spiro atoms. The first kappa shape index (κ1) is 22.6.